The molecule has 0 unspecified atom stereocenters. The monoisotopic (exact) mass is 270 g/mol. The van der Waals surface area contributed by atoms with Crippen molar-refractivity contribution in [2.24, 2.45) is 23.5 Å². The molecule has 0 heterocycles. The van der Waals surface area contributed by atoms with E-state index in [4.69, 9.17) is 5.73 Å². The van der Waals surface area contributed by atoms with Crippen molar-refractivity contribution in [3.63, 3.8) is 0 Å². The molecule has 2 N–H and O–H groups in total. The first-order chi connectivity index (χ1) is 8.73. The van der Waals surface area contributed by atoms with Crippen LogP contribution in [0, 0.1) is 17.8 Å². The van der Waals surface area contributed by atoms with Gasteiger partial charge in [-0.1, -0.05) is 41.5 Å². The molecule has 0 saturated carbocycles. The Morgan fingerprint density at radius 1 is 0.895 bits per heavy atom. The molecule has 0 aliphatic carbocycles. The number of nitrogens with two attached hydrogens (primary N) is 1. The van der Waals surface area contributed by atoms with E-state index in [1.807, 2.05) is 4.90 Å². The SMILES string of the molecule is CC(C)CCN(CCC(C)C)C(=O)[C@@H](N)CC(C)C. The van der Waals surface area contributed by atoms with Crippen molar-refractivity contribution in [1.29, 1.82) is 0 Å². The van der Waals surface area contributed by atoms with Crippen LogP contribution < -0.4 is 5.73 Å². The molecule has 0 aromatic rings. The fourth-order valence-corrected chi connectivity index (χ4v) is 2.00. The summed E-state index contributed by atoms with van der Waals surface area (Å²) in [7, 11) is 0. The maximum absolute atomic E-state index is 12.4. The van der Waals surface area contributed by atoms with Crippen molar-refractivity contribution in [2.75, 3.05) is 13.1 Å². The summed E-state index contributed by atoms with van der Waals surface area (Å²) in [5, 5.41) is 0. The van der Waals surface area contributed by atoms with Crippen molar-refractivity contribution in [2.45, 2.75) is 66.8 Å². The summed E-state index contributed by atoms with van der Waals surface area (Å²) in [4.78, 5) is 14.4. The molecule has 19 heavy (non-hydrogen) atoms. The lowest BCUT2D eigenvalue weighted by Gasteiger charge is -2.27. The third kappa shape index (κ3) is 9.04. The van der Waals surface area contributed by atoms with Gasteiger partial charge in [0.2, 0.25) is 5.91 Å². The van der Waals surface area contributed by atoms with Gasteiger partial charge in [-0.05, 0) is 37.0 Å². The van der Waals surface area contributed by atoms with Crippen LogP contribution in [0.2, 0.25) is 0 Å². The fourth-order valence-electron chi connectivity index (χ4n) is 2.00. The Hall–Kier alpha value is -0.570. The molecule has 0 radical (unpaired) electrons. The van der Waals surface area contributed by atoms with Gasteiger partial charge in [-0.3, -0.25) is 4.79 Å². The number of hydrogen-bond acceptors (Lipinski definition) is 2. The maximum atomic E-state index is 12.4. The highest BCUT2D eigenvalue weighted by Gasteiger charge is 2.21. The summed E-state index contributed by atoms with van der Waals surface area (Å²) < 4.78 is 0. The van der Waals surface area contributed by atoms with E-state index in [0.29, 0.717) is 17.8 Å². The average Bonchev–Trinajstić information content (AvgIpc) is 2.26. The lowest BCUT2D eigenvalue weighted by atomic mass is 10.0. The van der Waals surface area contributed by atoms with Crippen molar-refractivity contribution in [3.05, 3.63) is 0 Å². The Kier molecular flexibility index (Phi) is 9.07. The zero-order valence-electron chi connectivity index (χ0n) is 13.8. The highest BCUT2D eigenvalue weighted by Crippen LogP contribution is 2.11. The van der Waals surface area contributed by atoms with Gasteiger partial charge in [0, 0.05) is 13.1 Å². The zero-order valence-corrected chi connectivity index (χ0v) is 13.8. The number of nitrogens with zero attached hydrogens (tertiary/aromatic N) is 1. The van der Waals surface area contributed by atoms with Crippen molar-refractivity contribution >= 4 is 5.91 Å². The minimum atomic E-state index is -0.334. The van der Waals surface area contributed by atoms with Crippen LogP contribution >= 0.6 is 0 Å². The highest BCUT2D eigenvalue weighted by atomic mass is 16.2. The van der Waals surface area contributed by atoms with E-state index in [9.17, 15) is 4.79 Å². The van der Waals surface area contributed by atoms with E-state index in [-0.39, 0.29) is 11.9 Å². The number of rotatable bonds is 9. The van der Waals surface area contributed by atoms with Crippen molar-refractivity contribution in [3.8, 4) is 0 Å². The molecule has 3 nitrogen and oxygen atoms in total. The van der Waals surface area contributed by atoms with Gasteiger partial charge in [0.1, 0.15) is 0 Å². The Morgan fingerprint density at radius 2 is 1.32 bits per heavy atom. The number of carbonyl (C=O) groups is 1. The lowest BCUT2D eigenvalue weighted by Crippen LogP contribution is -2.45. The molecule has 0 bridgehead atoms. The molecule has 114 valence electrons. The topological polar surface area (TPSA) is 46.3 Å². The third-order valence-corrected chi connectivity index (χ3v) is 3.31. The van der Waals surface area contributed by atoms with Gasteiger partial charge < -0.3 is 10.6 Å². The van der Waals surface area contributed by atoms with E-state index in [0.717, 1.165) is 32.4 Å². The minimum absolute atomic E-state index is 0.134. The fraction of sp³-hybridized carbons (Fsp3) is 0.938. The van der Waals surface area contributed by atoms with Crippen LogP contribution in [0.1, 0.15) is 60.8 Å². The molecule has 1 amide bonds. The molecule has 0 spiro atoms. The van der Waals surface area contributed by atoms with Crippen LogP contribution in [0.15, 0.2) is 0 Å². The Labute approximate surface area is 119 Å². The molecule has 0 saturated heterocycles. The second-order valence-corrected chi connectivity index (χ2v) is 6.93. The summed E-state index contributed by atoms with van der Waals surface area (Å²) in [5.74, 6) is 1.84. The number of carbonyl (C=O) groups excluding carboxylic acids is 1. The van der Waals surface area contributed by atoms with E-state index in [2.05, 4.69) is 41.5 Å². The first-order valence-corrected chi connectivity index (χ1v) is 7.78. The molecule has 0 aliphatic heterocycles. The van der Waals surface area contributed by atoms with Crippen LogP contribution in [0.3, 0.4) is 0 Å². The summed E-state index contributed by atoms with van der Waals surface area (Å²) in [6, 6.07) is -0.334. The van der Waals surface area contributed by atoms with E-state index >= 15 is 0 Å². The van der Waals surface area contributed by atoms with Gasteiger partial charge in [0.15, 0.2) is 0 Å². The summed E-state index contributed by atoms with van der Waals surface area (Å²) in [5.41, 5.74) is 6.04. The quantitative estimate of drug-likeness (QED) is 0.699. The largest absolute Gasteiger partial charge is 0.341 e. The smallest absolute Gasteiger partial charge is 0.239 e. The molecule has 0 aliphatic rings. The molecule has 0 rings (SSSR count). The number of amides is 1. The normalized spacial score (nSPS) is 13.4. The van der Waals surface area contributed by atoms with Gasteiger partial charge in [-0.2, -0.15) is 0 Å². The first kappa shape index (κ1) is 18.4. The molecule has 0 fully saturated rings. The van der Waals surface area contributed by atoms with E-state index in [1.54, 1.807) is 0 Å². The standard InChI is InChI=1S/C16H34N2O/c1-12(2)7-9-18(10-8-13(3)4)16(19)15(17)11-14(5)6/h12-15H,7-11,17H2,1-6H3/t15-/m0/s1. The highest BCUT2D eigenvalue weighted by molar-refractivity contribution is 5.81. The average molecular weight is 270 g/mol. The zero-order chi connectivity index (χ0) is 15.0. The van der Waals surface area contributed by atoms with Gasteiger partial charge in [-0.25, -0.2) is 0 Å². The molecular weight excluding hydrogens is 236 g/mol. The van der Waals surface area contributed by atoms with Crippen LogP contribution in [-0.2, 0) is 4.79 Å². The molecule has 0 aromatic heterocycles. The maximum Gasteiger partial charge on any atom is 0.239 e. The Bertz CT molecular complexity index is 237. The summed E-state index contributed by atoms with van der Waals surface area (Å²) in [6.07, 6.45) is 2.88. The minimum Gasteiger partial charge on any atom is -0.341 e. The summed E-state index contributed by atoms with van der Waals surface area (Å²) >= 11 is 0. The first-order valence-electron chi connectivity index (χ1n) is 7.78. The Balaban J connectivity index is 4.47. The predicted molar refractivity (Wildman–Crippen MR) is 82.9 cm³/mol. The van der Waals surface area contributed by atoms with Crippen molar-refractivity contribution in [1.82, 2.24) is 4.90 Å². The molecule has 3 heteroatoms. The van der Waals surface area contributed by atoms with Crippen LogP contribution in [0.4, 0.5) is 0 Å². The lowest BCUT2D eigenvalue weighted by molar-refractivity contribution is -0.133. The van der Waals surface area contributed by atoms with E-state index < -0.39 is 0 Å². The van der Waals surface area contributed by atoms with Crippen LogP contribution in [0.25, 0.3) is 0 Å². The van der Waals surface area contributed by atoms with Gasteiger partial charge in [0.05, 0.1) is 6.04 Å². The van der Waals surface area contributed by atoms with Gasteiger partial charge >= 0.3 is 0 Å². The van der Waals surface area contributed by atoms with Crippen LogP contribution in [-0.4, -0.2) is 29.9 Å². The third-order valence-electron chi connectivity index (χ3n) is 3.31. The molecular formula is C16H34N2O. The van der Waals surface area contributed by atoms with Crippen molar-refractivity contribution < 1.29 is 4.79 Å². The molecule has 0 aromatic carbocycles. The van der Waals surface area contributed by atoms with Gasteiger partial charge in [0.25, 0.3) is 0 Å². The predicted octanol–water partition coefficient (Wildman–Crippen LogP) is 3.28. The van der Waals surface area contributed by atoms with Crippen LogP contribution in [0.5, 0.6) is 0 Å². The molecule has 1 atom stereocenters. The second-order valence-electron chi connectivity index (χ2n) is 6.93. The summed E-state index contributed by atoms with van der Waals surface area (Å²) in [6.45, 7) is 14.7. The second kappa shape index (κ2) is 9.35. The van der Waals surface area contributed by atoms with E-state index in [1.165, 1.54) is 0 Å². The Morgan fingerprint density at radius 3 is 1.63 bits per heavy atom. The van der Waals surface area contributed by atoms with Gasteiger partial charge in [-0.15, -0.1) is 0 Å². The number of hydrogen-bond donors (Lipinski definition) is 1.